The SMILES string of the molecule is Cn1c([C@H](O)[C@@H](O)c2n[nH]c(=S)n2C)n[nH]c1=S. The van der Waals surface area contributed by atoms with E-state index in [4.69, 9.17) is 24.4 Å². The lowest BCUT2D eigenvalue weighted by Crippen LogP contribution is -2.18. The maximum Gasteiger partial charge on any atom is 0.194 e. The molecule has 8 nitrogen and oxygen atoms in total. The minimum absolute atomic E-state index is 0.224. The van der Waals surface area contributed by atoms with Crippen LogP contribution in [-0.4, -0.2) is 39.7 Å². The van der Waals surface area contributed by atoms with E-state index in [0.717, 1.165) is 0 Å². The highest BCUT2D eigenvalue weighted by Crippen LogP contribution is 2.25. The van der Waals surface area contributed by atoms with Gasteiger partial charge in [0, 0.05) is 14.1 Å². The third kappa shape index (κ3) is 2.03. The summed E-state index contributed by atoms with van der Waals surface area (Å²) < 4.78 is 3.66. The monoisotopic (exact) mass is 288 g/mol. The maximum atomic E-state index is 10.1. The number of nitrogens with zero attached hydrogens (tertiary/aromatic N) is 4. The first-order chi connectivity index (χ1) is 8.43. The fourth-order valence-corrected chi connectivity index (χ4v) is 1.81. The topological polar surface area (TPSA) is 108 Å². The third-order valence-electron chi connectivity index (χ3n) is 2.66. The van der Waals surface area contributed by atoms with Crippen LogP contribution in [0.4, 0.5) is 0 Å². The highest BCUT2D eigenvalue weighted by Gasteiger charge is 2.28. The van der Waals surface area contributed by atoms with Crippen molar-refractivity contribution in [2.45, 2.75) is 12.2 Å². The minimum atomic E-state index is -1.26. The van der Waals surface area contributed by atoms with Crippen LogP contribution in [0.15, 0.2) is 0 Å². The molecule has 2 rings (SSSR count). The van der Waals surface area contributed by atoms with Gasteiger partial charge in [-0.3, -0.25) is 10.2 Å². The molecule has 2 heterocycles. The number of aliphatic hydroxyl groups excluding tert-OH is 2. The van der Waals surface area contributed by atoms with Crippen LogP contribution in [-0.2, 0) is 14.1 Å². The van der Waals surface area contributed by atoms with Gasteiger partial charge in [-0.15, -0.1) is 0 Å². The fourth-order valence-electron chi connectivity index (χ4n) is 1.53. The standard InChI is InChI=1S/C8H12N6O2S2/c1-13-5(9-11-7(13)17)3(15)4(16)6-10-12-8(18)14(6)2/h3-4,15-16H,1-2H3,(H,11,17)(H,12,18)/t3-,4-/m1/s1. The van der Waals surface area contributed by atoms with Gasteiger partial charge in [0.1, 0.15) is 12.2 Å². The zero-order chi connectivity index (χ0) is 13.4. The van der Waals surface area contributed by atoms with Crippen LogP contribution in [0.25, 0.3) is 0 Å². The van der Waals surface area contributed by atoms with Gasteiger partial charge in [0.25, 0.3) is 0 Å². The summed E-state index contributed by atoms with van der Waals surface area (Å²) in [6, 6.07) is 0. The number of aliphatic hydroxyl groups is 2. The first kappa shape index (κ1) is 13.1. The lowest BCUT2D eigenvalue weighted by atomic mass is 10.2. The Morgan fingerprint density at radius 1 is 0.944 bits per heavy atom. The van der Waals surface area contributed by atoms with Crippen LogP contribution in [0.5, 0.6) is 0 Å². The van der Waals surface area contributed by atoms with E-state index in [1.165, 1.54) is 9.13 Å². The maximum absolute atomic E-state index is 10.1. The van der Waals surface area contributed by atoms with Crippen LogP contribution in [0.1, 0.15) is 23.9 Å². The van der Waals surface area contributed by atoms with Gasteiger partial charge in [0.15, 0.2) is 21.2 Å². The number of nitrogens with one attached hydrogen (secondary N) is 2. The zero-order valence-corrected chi connectivity index (χ0v) is 11.3. The Morgan fingerprint density at radius 2 is 1.28 bits per heavy atom. The Kier molecular flexibility index (Phi) is 3.43. The van der Waals surface area contributed by atoms with Gasteiger partial charge in [-0.2, -0.15) is 10.2 Å². The zero-order valence-electron chi connectivity index (χ0n) is 9.65. The molecule has 2 atom stereocenters. The van der Waals surface area contributed by atoms with Crippen LogP contribution in [0, 0.1) is 9.54 Å². The summed E-state index contributed by atoms with van der Waals surface area (Å²) in [5.41, 5.74) is 0. The Balaban J connectivity index is 2.37. The number of hydrogen-bond acceptors (Lipinski definition) is 6. The quantitative estimate of drug-likeness (QED) is 0.594. The Morgan fingerprint density at radius 3 is 1.50 bits per heavy atom. The van der Waals surface area contributed by atoms with Crippen molar-refractivity contribution in [3.05, 3.63) is 21.2 Å². The normalized spacial score (nSPS) is 14.7. The van der Waals surface area contributed by atoms with Crippen LogP contribution in [0.2, 0.25) is 0 Å². The summed E-state index contributed by atoms with van der Waals surface area (Å²) in [5.74, 6) is 0.447. The molecule has 4 N–H and O–H groups in total. The Bertz CT molecular complexity index is 609. The molecular weight excluding hydrogens is 276 g/mol. The predicted octanol–water partition coefficient (Wildman–Crippen LogP) is 0.0358. The average Bonchev–Trinajstić information content (AvgIpc) is 2.84. The molecule has 0 radical (unpaired) electrons. The van der Waals surface area contributed by atoms with E-state index in [2.05, 4.69) is 20.4 Å². The fraction of sp³-hybridized carbons (Fsp3) is 0.500. The summed E-state index contributed by atoms with van der Waals surface area (Å²) in [4.78, 5) is 0. The van der Waals surface area contributed by atoms with E-state index >= 15 is 0 Å². The van der Waals surface area contributed by atoms with E-state index in [1.807, 2.05) is 0 Å². The molecule has 10 heteroatoms. The molecule has 98 valence electrons. The van der Waals surface area contributed by atoms with E-state index in [-0.39, 0.29) is 11.6 Å². The number of hydrogen-bond donors (Lipinski definition) is 4. The molecule has 0 unspecified atom stereocenters. The van der Waals surface area contributed by atoms with E-state index in [1.54, 1.807) is 14.1 Å². The van der Waals surface area contributed by atoms with Gasteiger partial charge in [-0.05, 0) is 24.4 Å². The Labute approximate surface area is 112 Å². The van der Waals surface area contributed by atoms with Gasteiger partial charge in [0.2, 0.25) is 0 Å². The van der Waals surface area contributed by atoms with Crippen molar-refractivity contribution < 1.29 is 10.2 Å². The molecule has 0 aromatic carbocycles. The summed E-state index contributed by atoms with van der Waals surface area (Å²) in [6.07, 6.45) is -2.52. The number of aromatic nitrogens is 6. The second-order valence-electron chi connectivity index (χ2n) is 3.78. The van der Waals surface area contributed by atoms with Gasteiger partial charge >= 0.3 is 0 Å². The van der Waals surface area contributed by atoms with Gasteiger partial charge in [-0.25, -0.2) is 0 Å². The number of aromatic amines is 2. The predicted molar refractivity (Wildman–Crippen MR) is 66.7 cm³/mol. The highest BCUT2D eigenvalue weighted by atomic mass is 32.1. The van der Waals surface area contributed by atoms with Crippen molar-refractivity contribution in [2.75, 3.05) is 0 Å². The molecule has 0 spiro atoms. The molecule has 0 fully saturated rings. The molecule has 0 amide bonds. The summed E-state index contributed by atoms with van der Waals surface area (Å²) in [7, 11) is 3.28. The van der Waals surface area contributed by atoms with Crippen molar-refractivity contribution >= 4 is 24.4 Å². The van der Waals surface area contributed by atoms with Crippen molar-refractivity contribution in [3.8, 4) is 0 Å². The van der Waals surface area contributed by atoms with E-state index in [9.17, 15) is 10.2 Å². The average molecular weight is 288 g/mol. The molecule has 18 heavy (non-hydrogen) atoms. The lowest BCUT2D eigenvalue weighted by molar-refractivity contribution is 0.00288. The lowest BCUT2D eigenvalue weighted by Gasteiger charge is -2.15. The molecule has 0 aliphatic carbocycles. The van der Waals surface area contributed by atoms with Crippen molar-refractivity contribution in [2.24, 2.45) is 14.1 Å². The van der Waals surface area contributed by atoms with Crippen molar-refractivity contribution in [3.63, 3.8) is 0 Å². The summed E-state index contributed by atoms with van der Waals surface area (Å²) in [5, 5.41) is 32.9. The summed E-state index contributed by atoms with van der Waals surface area (Å²) >= 11 is 9.87. The first-order valence-corrected chi connectivity index (χ1v) is 5.84. The second kappa shape index (κ2) is 4.72. The van der Waals surface area contributed by atoms with Gasteiger partial charge in [0.05, 0.1) is 0 Å². The van der Waals surface area contributed by atoms with E-state index in [0.29, 0.717) is 9.54 Å². The van der Waals surface area contributed by atoms with Crippen LogP contribution < -0.4 is 0 Å². The highest BCUT2D eigenvalue weighted by molar-refractivity contribution is 7.71. The van der Waals surface area contributed by atoms with E-state index < -0.39 is 12.2 Å². The minimum Gasteiger partial charge on any atom is -0.382 e. The molecular formula is C8H12N6O2S2. The molecule has 2 aromatic rings. The smallest absolute Gasteiger partial charge is 0.194 e. The number of H-pyrrole nitrogens is 2. The molecule has 0 saturated heterocycles. The van der Waals surface area contributed by atoms with Gasteiger partial charge in [-0.1, -0.05) is 0 Å². The van der Waals surface area contributed by atoms with Crippen molar-refractivity contribution in [1.29, 1.82) is 0 Å². The molecule has 0 aliphatic heterocycles. The van der Waals surface area contributed by atoms with Crippen LogP contribution >= 0.6 is 24.4 Å². The largest absolute Gasteiger partial charge is 0.382 e. The van der Waals surface area contributed by atoms with Gasteiger partial charge < -0.3 is 19.3 Å². The first-order valence-electron chi connectivity index (χ1n) is 5.02. The molecule has 0 aliphatic rings. The molecule has 2 aromatic heterocycles. The van der Waals surface area contributed by atoms with Crippen LogP contribution in [0.3, 0.4) is 0 Å². The van der Waals surface area contributed by atoms with Crippen molar-refractivity contribution in [1.82, 2.24) is 29.5 Å². The second-order valence-corrected chi connectivity index (χ2v) is 4.56. The third-order valence-corrected chi connectivity index (χ3v) is 3.39. The molecule has 0 saturated carbocycles. The molecule has 0 bridgehead atoms. The number of rotatable bonds is 3. The summed E-state index contributed by atoms with van der Waals surface area (Å²) in [6.45, 7) is 0. The Hall–Kier alpha value is -1.36.